The van der Waals surface area contributed by atoms with Crippen molar-refractivity contribution in [2.75, 3.05) is 0 Å². The minimum absolute atomic E-state index is 0.755. The normalized spacial score (nSPS) is 10.5. The smallest absolute Gasteiger partial charge is 0.0571 e. The number of hydrogen-bond donors (Lipinski definition) is 0. The number of nitrogens with zero attached hydrogens (tertiary/aromatic N) is 2. The van der Waals surface area contributed by atoms with Gasteiger partial charge in [0.25, 0.3) is 0 Å². The number of rotatable bonds is 1. The fourth-order valence-electron chi connectivity index (χ4n) is 1.44. The van der Waals surface area contributed by atoms with Crippen LogP contribution < -0.4 is 0 Å². The first-order valence-corrected chi connectivity index (χ1v) is 4.81. The van der Waals surface area contributed by atoms with E-state index in [9.17, 15) is 0 Å². The SMILES string of the molecule is Cc1c(-c2cccc(Cl)c2)cnn1C. The average molecular weight is 207 g/mol. The van der Waals surface area contributed by atoms with Crippen LogP contribution in [0.25, 0.3) is 11.1 Å². The van der Waals surface area contributed by atoms with Crippen molar-refractivity contribution in [3.8, 4) is 11.1 Å². The van der Waals surface area contributed by atoms with E-state index in [4.69, 9.17) is 11.6 Å². The molecule has 0 aliphatic heterocycles. The van der Waals surface area contributed by atoms with Crippen molar-refractivity contribution in [2.45, 2.75) is 6.92 Å². The number of aryl methyl sites for hydroxylation is 1. The number of halogens is 1. The largest absolute Gasteiger partial charge is 0.272 e. The van der Waals surface area contributed by atoms with Crippen LogP contribution in [0.1, 0.15) is 5.69 Å². The lowest BCUT2D eigenvalue weighted by molar-refractivity contribution is 0.740. The topological polar surface area (TPSA) is 17.8 Å². The molecule has 0 bridgehead atoms. The summed E-state index contributed by atoms with van der Waals surface area (Å²) >= 11 is 5.93. The zero-order valence-corrected chi connectivity index (χ0v) is 8.92. The molecule has 1 aromatic heterocycles. The maximum atomic E-state index is 5.93. The molecule has 0 atom stereocenters. The van der Waals surface area contributed by atoms with Gasteiger partial charge in [0.05, 0.1) is 6.20 Å². The van der Waals surface area contributed by atoms with Gasteiger partial charge >= 0.3 is 0 Å². The lowest BCUT2D eigenvalue weighted by Crippen LogP contribution is -1.92. The standard InChI is InChI=1S/C11H11ClN2/c1-8-11(7-13-14(8)2)9-4-3-5-10(12)6-9/h3-7H,1-2H3. The van der Waals surface area contributed by atoms with Gasteiger partial charge < -0.3 is 0 Å². The van der Waals surface area contributed by atoms with E-state index in [0.29, 0.717) is 0 Å². The second kappa shape index (κ2) is 3.46. The van der Waals surface area contributed by atoms with Crippen LogP contribution in [0.4, 0.5) is 0 Å². The summed E-state index contributed by atoms with van der Waals surface area (Å²) in [5.41, 5.74) is 3.39. The quantitative estimate of drug-likeness (QED) is 0.701. The molecule has 3 heteroatoms. The zero-order chi connectivity index (χ0) is 10.1. The van der Waals surface area contributed by atoms with Crippen molar-refractivity contribution in [2.24, 2.45) is 7.05 Å². The second-order valence-electron chi connectivity index (χ2n) is 3.28. The summed E-state index contributed by atoms with van der Waals surface area (Å²) in [6.45, 7) is 2.04. The summed E-state index contributed by atoms with van der Waals surface area (Å²) < 4.78 is 1.86. The molecule has 0 N–H and O–H groups in total. The first kappa shape index (κ1) is 9.28. The van der Waals surface area contributed by atoms with Crippen LogP contribution in [0.15, 0.2) is 30.5 Å². The molecular formula is C11H11ClN2. The average Bonchev–Trinajstić information content (AvgIpc) is 2.48. The Kier molecular flexibility index (Phi) is 2.30. The van der Waals surface area contributed by atoms with E-state index in [0.717, 1.165) is 21.8 Å². The molecule has 0 aliphatic rings. The van der Waals surface area contributed by atoms with E-state index in [-0.39, 0.29) is 0 Å². The summed E-state index contributed by atoms with van der Waals surface area (Å²) in [6.07, 6.45) is 1.86. The minimum Gasteiger partial charge on any atom is -0.272 e. The molecule has 1 heterocycles. The van der Waals surface area contributed by atoms with Crippen LogP contribution in [0.2, 0.25) is 5.02 Å². The number of aromatic nitrogens is 2. The van der Waals surface area contributed by atoms with Gasteiger partial charge in [0.2, 0.25) is 0 Å². The molecule has 2 aromatic rings. The van der Waals surface area contributed by atoms with Gasteiger partial charge in [0.1, 0.15) is 0 Å². The monoisotopic (exact) mass is 206 g/mol. The van der Waals surface area contributed by atoms with Gasteiger partial charge in [-0.25, -0.2) is 0 Å². The lowest BCUT2D eigenvalue weighted by Gasteiger charge is -2.00. The Morgan fingerprint density at radius 2 is 2.14 bits per heavy atom. The Labute approximate surface area is 88.1 Å². The van der Waals surface area contributed by atoms with Gasteiger partial charge in [0, 0.05) is 23.3 Å². The van der Waals surface area contributed by atoms with Gasteiger partial charge in [0.15, 0.2) is 0 Å². The van der Waals surface area contributed by atoms with E-state index in [1.165, 1.54) is 0 Å². The summed E-state index contributed by atoms with van der Waals surface area (Å²) in [6, 6.07) is 7.81. The summed E-state index contributed by atoms with van der Waals surface area (Å²) in [5, 5.41) is 4.95. The molecule has 72 valence electrons. The predicted octanol–water partition coefficient (Wildman–Crippen LogP) is 3.05. The minimum atomic E-state index is 0.755. The Morgan fingerprint density at radius 3 is 2.71 bits per heavy atom. The van der Waals surface area contributed by atoms with E-state index < -0.39 is 0 Å². The van der Waals surface area contributed by atoms with Crippen LogP contribution in [-0.2, 0) is 7.05 Å². The number of benzene rings is 1. The van der Waals surface area contributed by atoms with Gasteiger partial charge in [-0.15, -0.1) is 0 Å². The molecule has 2 rings (SSSR count). The second-order valence-corrected chi connectivity index (χ2v) is 3.71. The fraction of sp³-hybridized carbons (Fsp3) is 0.182. The third-order valence-corrected chi connectivity index (χ3v) is 2.61. The summed E-state index contributed by atoms with van der Waals surface area (Å²) in [5.74, 6) is 0. The van der Waals surface area contributed by atoms with Gasteiger partial charge in [-0.05, 0) is 24.6 Å². The Balaban J connectivity index is 2.55. The predicted molar refractivity (Wildman–Crippen MR) is 58.4 cm³/mol. The molecule has 0 fully saturated rings. The van der Waals surface area contributed by atoms with Crippen molar-refractivity contribution < 1.29 is 0 Å². The van der Waals surface area contributed by atoms with Gasteiger partial charge in [-0.2, -0.15) is 5.10 Å². The zero-order valence-electron chi connectivity index (χ0n) is 8.16. The molecule has 0 spiro atoms. The molecule has 0 saturated heterocycles. The molecule has 2 nitrogen and oxygen atoms in total. The molecule has 1 aromatic carbocycles. The molecule has 0 amide bonds. The highest BCUT2D eigenvalue weighted by molar-refractivity contribution is 6.30. The van der Waals surface area contributed by atoms with E-state index in [1.807, 2.05) is 49.1 Å². The molecular weight excluding hydrogens is 196 g/mol. The lowest BCUT2D eigenvalue weighted by atomic mass is 10.1. The van der Waals surface area contributed by atoms with Crippen molar-refractivity contribution in [3.63, 3.8) is 0 Å². The Hall–Kier alpha value is -1.28. The Bertz CT molecular complexity index is 460. The maximum absolute atomic E-state index is 5.93. The molecule has 0 unspecified atom stereocenters. The van der Waals surface area contributed by atoms with E-state index in [2.05, 4.69) is 5.10 Å². The number of hydrogen-bond acceptors (Lipinski definition) is 1. The molecule has 0 saturated carbocycles. The Morgan fingerprint density at radius 1 is 1.36 bits per heavy atom. The molecule has 0 aliphatic carbocycles. The van der Waals surface area contributed by atoms with Gasteiger partial charge in [-0.3, -0.25) is 4.68 Å². The van der Waals surface area contributed by atoms with E-state index >= 15 is 0 Å². The highest BCUT2D eigenvalue weighted by Crippen LogP contribution is 2.24. The summed E-state index contributed by atoms with van der Waals surface area (Å²) in [7, 11) is 1.93. The van der Waals surface area contributed by atoms with Crippen molar-refractivity contribution >= 4 is 11.6 Å². The fourth-order valence-corrected chi connectivity index (χ4v) is 1.63. The first-order chi connectivity index (χ1) is 6.68. The van der Waals surface area contributed by atoms with Gasteiger partial charge in [-0.1, -0.05) is 23.7 Å². The van der Waals surface area contributed by atoms with E-state index in [1.54, 1.807) is 0 Å². The third-order valence-electron chi connectivity index (χ3n) is 2.37. The first-order valence-electron chi connectivity index (χ1n) is 4.43. The van der Waals surface area contributed by atoms with Crippen LogP contribution >= 0.6 is 11.6 Å². The van der Waals surface area contributed by atoms with Crippen molar-refractivity contribution in [1.82, 2.24) is 9.78 Å². The van der Waals surface area contributed by atoms with Crippen molar-refractivity contribution in [3.05, 3.63) is 41.2 Å². The van der Waals surface area contributed by atoms with Crippen LogP contribution in [0.3, 0.4) is 0 Å². The molecule has 0 radical (unpaired) electrons. The highest BCUT2D eigenvalue weighted by atomic mass is 35.5. The van der Waals surface area contributed by atoms with Crippen molar-refractivity contribution in [1.29, 1.82) is 0 Å². The molecule has 14 heavy (non-hydrogen) atoms. The summed E-state index contributed by atoms with van der Waals surface area (Å²) in [4.78, 5) is 0. The van der Waals surface area contributed by atoms with Crippen LogP contribution in [0.5, 0.6) is 0 Å². The van der Waals surface area contributed by atoms with Crippen LogP contribution in [0, 0.1) is 6.92 Å². The highest BCUT2D eigenvalue weighted by Gasteiger charge is 2.05. The third kappa shape index (κ3) is 1.53. The maximum Gasteiger partial charge on any atom is 0.0571 e. The van der Waals surface area contributed by atoms with Crippen LogP contribution in [-0.4, -0.2) is 9.78 Å².